The predicted octanol–water partition coefficient (Wildman–Crippen LogP) is 1.57. The van der Waals surface area contributed by atoms with E-state index in [4.69, 9.17) is 4.74 Å². The molecule has 21 heavy (non-hydrogen) atoms. The molecule has 110 valence electrons. The lowest BCUT2D eigenvalue weighted by atomic mass is 9.89. The van der Waals surface area contributed by atoms with E-state index in [0.29, 0.717) is 29.9 Å². The van der Waals surface area contributed by atoms with E-state index in [-0.39, 0.29) is 5.70 Å². The van der Waals surface area contributed by atoms with E-state index in [9.17, 15) is 15.2 Å². The number of nitrogens with zero attached hydrogens (tertiary/aromatic N) is 2. The van der Waals surface area contributed by atoms with Crippen molar-refractivity contribution in [2.24, 2.45) is 0 Å². The van der Waals surface area contributed by atoms with E-state index in [1.54, 1.807) is 30.5 Å². The first kappa shape index (κ1) is 13.8. The molecule has 0 amide bonds. The summed E-state index contributed by atoms with van der Waals surface area (Å²) in [6.45, 7) is 2.70. The quantitative estimate of drug-likeness (QED) is 0.660. The molecule has 1 unspecified atom stereocenters. The molecule has 0 bridgehead atoms. The zero-order valence-electron chi connectivity index (χ0n) is 11.4. The Kier molecular flexibility index (Phi) is 3.72. The zero-order valence-corrected chi connectivity index (χ0v) is 11.4. The summed E-state index contributed by atoms with van der Waals surface area (Å²) in [5, 5.41) is 21.7. The summed E-state index contributed by atoms with van der Waals surface area (Å²) >= 11 is 0. The molecule has 6 heteroatoms. The van der Waals surface area contributed by atoms with Crippen LogP contribution in [-0.2, 0) is 4.74 Å². The Morgan fingerprint density at radius 2 is 2.05 bits per heavy atom. The molecule has 6 nitrogen and oxygen atoms in total. The summed E-state index contributed by atoms with van der Waals surface area (Å²) < 4.78 is 5.27. The maximum Gasteiger partial charge on any atom is 0.277 e. The lowest BCUT2D eigenvalue weighted by Gasteiger charge is -2.28. The van der Waals surface area contributed by atoms with E-state index < -0.39 is 11.0 Å². The molecule has 0 spiro atoms. The molecule has 1 aromatic rings. The molecule has 0 saturated carbocycles. The number of benzene rings is 1. The van der Waals surface area contributed by atoms with Crippen molar-refractivity contribution in [2.45, 2.75) is 6.10 Å². The van der Waals surface area contributed by atoms with Crippen molar-refractivity contribution in [3.63, 3.8) is 0 Å². The standard InChI is InChI=1S/C15H16N2O4/c18-15-11(10-16-5-7-21-8-6-16)9-14(17(19)20)12-3-1-2-4-13(12)15/h1-4,9-10,15,18H,5-8H2. The smallest absolute Gasteiger partial charge is 0.277 e. The summed E-state index contributed by atoms with van der Waals surface area (Å²) in [5.41, 5.74) is 1.62. The SMILES string of the molecule is O=[N+]([O-])C1=CC(=CN2CCOCC2)C(O)c2ccccc21. The van der Waals surface area contributed by atoms with Crippen LogP contribution in [0.25, 0.3) is 5.70 Å². The van der Waals surface area contributed by atoms with Crippen molar-refractivity contribution in [3.05, 3.63) is 63.4 Å². The van der Waals surface area contributed by atoms with Gasteiger partial charge in [-0.15, -0.1) is 0 Å². The first-order valence-corrected chi connectivity index (χ1v) is 6.84. The summed E-state index contributed by atoms with van der Waals surface area (Å²) in [7, 11) is 0. The van der Waals surface area contributed by atoms with Gasteiger partial charge in [0.2, 0.25) is 0 Å². The molecule has 1 aliphatic carbocycles. The third kappa shape index (κ3) is 2.68. The van der Waals surface area contributed by atoms with Crippen LogP contribution in [0.15, 0.2) is 42.1 Å². The molecule has 1 saturated heterocycles. The van der Waals surface area contributed by atoms with Gasteiger partial charge in [0.05, 0.1) is 23.7 Å². The third-order valence-corrected chi connectivity index (χ3v) is 3.72. The average Bonchev–Trinajstić information content (AvgIpc) is 2.51. The van der Waals surface area contributed by atoms with E-state index in [1.165, 1.54) is 6.08 Å². The topological polar surface area (TPSA) is 75.8 Å². The van der Waals surface area contributed by atoms with Gasteiger partial charge in [0, 0.05) is 30.9 Å². The molecule has 2 aliphatic rings. The zero-order chi connectivity index (χ0) is 14.8. The predicted molar refractivity (Wildman–Crippen MR) is 76.8 cm³/mol. The number of nitro groups is 1. The fraction of sp³-hybridized carbons (Fsp3) is 0.333. The number of ether oxygens (including phenoxy) is 1. The molecular weight excluding hydrogens is 272 g/mol. The van der Waals surface area contributed by atoms with Crippen LogP contribution in [0.1, 0.15) is 17.2 Å². The van der Waals surface area contributed by atoms with E-state index in [2.05, 4.69) is 0 Å². The third-order valence-electron chi connectivity index (χ3n) is 3.72. The van der Waals surface area contributed by atoms with Gasteiger partial charge in [-0.2, -0.15) is 0 Å². The Bertz CT molecular complexity index is 618. The van der Waals surface area contributed by atoms with Crippen molar-refractivity contribution >= 4 is 5.70 Å². The Labute approximate surface area is 122 Å². The highest BCUT2D eigenvalue weighted by atomic mass is 16.6. The van der Waals surface area contributed by atoms with E-state index in [1.807, 2.05) is 4.90 Å². The van der Waals surface area contributed by atoms with Crippen LogP contribution in [0.4, 0.5) is 0 Å². The molecule has 1 aliphatic heterocycles. The van der Waals surface area contributed by atoms with Crippen LogP contribution in [0.3, 0.4) is 0 Å². The van der Waals surface area contributed by atoms with Crippen molar-refractivity contribution in [1.82, 2.24) is 4.90 Å². The lowest BCUT2D eigenvalue weighted by Crippen LogP contribution is -2.32. The minimum Gasteiger partial charge on any atom is -0.384 e. The van der Waals surface area contributed by atoms with Gasteiger partial charge in [-0.3, -0.25) is 10.1 Å². The number of aliphatic hydroxyl groups excluding tert-OH is 1. The number of fused-ring (bicyclic) bond motifs is 1. The Balaban J connectivity index is 2.01. The van der Waals surface area contributed by atoms with Gasteiger partial charge < -0.3 is 14.7 Å². The van der Waals surface area contributed by atoms with Crippen molar-refractivity contribution in [3.8, 4) is 0 Å². The van der Waals surface area contributed by atoms with E-state index >= 15 is 0 Å². The van der Waals surface area contributed by atoms with Crippen molar-refractivity contribution < 1.29 is 14.8 Å². The summed E-state index contributed by atoms with van der Waals surface area (Å²) in [6.07, 6.45) is 2.42. The highest BCUT2D eigenvalue weighted by Crippen LogP contribution is 2.36. The molecular formula is C15H16N2O4. The molecule has 1 N–H and O–H groups in total. The van der Waals surface area contributed by atoms with Gasteiger partial charge in [0.25, 0.3) is 5.70 Å². The second-order valence-corrected chi connectivity index (χ2v) is 5.05. The van der Waals surface area contributed by atoms with Crippen LogP contribution in [0.5, 0.6) is 0 Å². The van der Waals surface area contributed by atoms with Gasteiger partial charge in [-0.1, -0.05) is 18.2 Å². The summed E-state index contributed by atoms with van der Waals surface area (Å²) in [4.78, 5) is 12.9. The molecule has 3 rings (SSSR count). The fourth-order valence-corrected chi connectivity index (χ4v) is 2.64. The number of aliphatic hydroxyl groups is 1. The monoisotopic (exact) mass is 288 g/mol. The Morgan fingerprint density at radius 3 is 2.76 bits per heavy atom. The molecule has 0 radical (unpaired) electrons. The first-order valence-electron chi connectivity index (χ1n) is 6.84. The van der Waals surface area contributed by atoms with Crippen LogP contribution in [0, 0.1) is 10.1 Å². The summed E-state index contributed by atoms with van der Waals surface area (Å²) in [6, 6.07) is 6.90. The van der Waals surface area contributed by atoms with Crippen LogP contribution < -0.4 is 0 Å². The maximum atomic E-state index is 11.3. The Morgan fingerprint density at radius 1 is 1.33 bits per heavy atom. The second kappa shape index (κ2) is 5.67. The molecule has 1 atom stereocenters. The molecule has 1 heterocycles. The summed E-state index contributed by atoms with van der Waals surface area (Å²) in [5.74, 6) is 0. The number of morpholine rings is 1. The number of rotatable bonds is 2. The first-order chi connectivity index (χ1) is 10.2. The lowest BCUT2D eigenvalue weighted by molar-refractivity contribution is -0.375. The van der Waals surface area contributed by atoms with Crippen LogP contribution in [-0.4, -0.2) is 41.2 Å². The average molecular weight is 288 g/mol. The molecule has 1 aromatic carbocycles. The molecule has 1 fully saturated rings. The van der Waals surface area contributed by atoms with Gasteiger partial charge in [0.1, 0.15) is 6.10 Å². The fourth-order valence-electron chi connectivity index (χ4n) is 2.64. The number of hydrogen-bond donors (Lipinski definition) is 1. The normalized spacial score (nSPS) is 23.7. The highest BCUT2D eigenvalue weighted by molar-refractivity contribution is 5.69. The van der Waals surface area contributed by atoms with Crippen molar-refractivity contribution in [2.75, 3.05) is 26.3 Å². The van der Waals surface area contributed by atoms with E-state index in [0.717, 1.165) is 13.1 Å². The largest absolute Gasteiger partial charge is 0.384 e. The van der Waals surface area contributed by atoms with Crippen LogP contribution in [0.2, 0.25) is 0 Å². The number of hydrogen-bond acceptors (Lipinski definition) is 5. The van der Waals surface area contributed by atoms with Crippen LogP contribution >= 0.6 is 0 Å². The minimum absolute atomic E-state index is 0.0235. The van der Waals surface area contributed by atoms with Gasteiger partial charge in [0.15, 0.2) is 0 Å². The second-order valence-electron chi connectivity index (χ2n) is 5.05. The molecule has 0 aromatic heterocycles. The Hall–Kier alpha value is -2.18. The maximum absolute atomic E-state index is 11.3. The highest BCUT2D eigenvalue weighted by Gasteiger charge is 2.30. The van der Waals surface area contributed by atoms with Crippen molar-refractivity contribution in [1.29, 1.82) is 0 Å². The van der Waals surface area contributed by atoms with Gasteiger partial charge >= 0.3 is 0 Å². The minimum atomic E-state index is -0.840. The van der Waals surface area contributed by atoms with Gasteiger partial charge in [-0.25, -0.2) is 0 Å². The van der Waals surface area contributed by atoms with Gasteiger partial charge in [-0.05, 0) is 11.6 Å².